The molecule has 0 unspecified atom stereocenters. The zero-order valence-corrected chi connectivity index (χ0v) is 7.58. The van der Waals surface area contributed by atoms with Crippen LogP contribution in [0, 0.1) is 6.42 Å². The molecule has 0 N–H and O–H groups in total. The van der Waals surface area contributed by atoms with E-state index in [1.165, 1.54) is 25.7 Å². The van der Waals surface area contributed by atoms with E-state index in [0.717, 1.165) is 6.42 Å². The second-order valence-corrected chi connectivity index (χ2v) is 3.01. The highest BCUT2D eigenvalue weighted by molar-refractivity contribution is 5.04. The summed E-state index contributed by atoms with van der Waals surface area (Å²) in [4.78, 5) is 0. The molecule has 0 fully saturated rings. The van der Waals surface area contributed by atoms with Crippen molar-refractivity contribution in [3.8, 4) is 0 Å². The molecule has 0 saturated heterocycles. The first kappa shape index (κ1) is 9.31. The largest absolute Gasteiger partial charge is 0.0885 e. The van der Waals surface area contributed by atoms with Gasteiger partial charge in [0.25, 0.3) is 0 Å². The fraction of sp³-hybridized carbons (Fsp3) is 0.417. The Balaban J connectivity index is 2.31. The van der Waals surface area contributed by atoms with E-state index in [0.29, 0.717) is 0 Å². The first-order chi connectivity index (χ1) is 6.00. The van der Waals surface area contributed by atoms with Crippen LogP contribution >= 0.6 is 0 Å². The monoisotopic (exact) mass is 161 g/mol. The predicted octanol–water partition coefficient (Wildman–Crippen LogP) is 3.82. The Kier molecular flexibility index (Phi) is 5.35. The quantitative estimate of drug-likeness (QED) is 0.474. The Morgan fingerprint density at radius 1 is 0.583 bits per heavy atom. The standard InChI is InChI=1S/C12H17/c1-2-4-6-8-10-12-11-9-7-5-3-1/h1-4,7,10,12H,5-6,8-9,11H2. The minimum atomic E-state index is 1.11. The fourth-order valence-corrected chi connectivity index (χ4v) is 1.19. The van der Waals surface area contributed by atoms with E-state index in [9.17, 15) is 0 Å². The molecule has 0 aromatic carbocycles. The van der Waals surface area contributed by atoms with Crippen molar-refractivity contribution in [2.24, 2.45) is 0 Å². The highest BCUT2D eigenvalue weighted by atomic mass is 13.9. The van der Waals surface area contributed by atoms with E-state index in [2.05, 4.69) is 42.9 Å². The SMILES string of the molecule is [CH]1CC=CC=CCCC=CCC1. The van der Waals surface area contributed by atoms with Gasteiger partial charge in [0.05, 0.1) is 0 Å². The molecule has 0 aromatic rings. The lowest BCUT2D eigenvalue weighted by Crippen LogP contribution is -1.75. The second-order valence-electron chi connectivity index (χ2n) is 3.01. The summed E-state index contributed by atoms with van der Waals surface area (Å²) in [5.74, 6) is 0. The van der Waals surface area contributed by atoms with Crippen LogP contribution in [0.5, 0.6) is 0 Å². The van der Waals surface area contributed by atoms with Crippen LogP contribution in [0.15, 0.2) is 36.5 Å². The van der Waals surface area contributed by atoms with Crippen molar-refractivity contribution in [1.82, 2.24) is 0 Å². The predicted molar refractivity (Wildman–Crippen MR) is 54.8 cm³/mol. The third-order valence-electron chi connectivity index (χ3n) is 1.89. The fourth-order valence-electron chi connectivity index (χ4n) is 1.19. The molecule has 12 heavy (non-hydrogen) atoms. The van der Waals surface area contributed by atoms with Crippen LogP contribution in [0.1, 0.15) is 32.1 Å². The van der Waals surface area contributed by atoms with Gasteiger partial charge in [0.1, 0.15) is 0 Å². The lowest BCUT2D eigenvalue weighted by molar-refractivity contribution is 0.922. The average Bonchev–Trinajstić information content (AvgIpc) is 2.05. The average molecular weight is 161 g/mol. The summed E-state index contributed by atoms with van der Waals surface area (Å²) in [6.07, 6.45) is 21.5. The molecule has 0 heterocycles. The molecule has 0 aromatic heterocycles. The topological polar surface area (TPSA) is 0 Å². The maximum atomic E-state index is 2.33. The van der Waals surface area contributed by atoms with Crippen molar-refractivity contribution >= 4 is 0 Å². The minimum absolute atomic E-state index is 1.11. The smallest absolute Gasteiger partial charge is 0.0313 e. The van der Waals surface area contributed by atoms with Crippen LogP contribution in [0.25, 0.3) is 0 Å². The summed E-state index contributed by atoms with van der Waals surface area (Å²) in [6, 6.07) is 0. The minimum Gasteiger partial charge on any atom is -0.0885 e. The van der Waals surface area contributed by atoms with Crippen molar-refractivity contribution in [3.05, 3.63) is 42.9 Å². The third-order valence-corrected chi connectivity index (χ3v) is 1.89. The van der Waals surface area contributed by atoms with Gasteiger partial charge in [-0.15, -0.1) is 0 Å². The summed E-state index contributed by atoms with van der Waals surface area (Å²) in [5, 5.41) is 0. The maximum Gasteiger partial charge on any atom is -0.0313 e. The molecule has 1 aliphatic rings. The number of hydrogen-bond acceptors (Lipinski definition) is 0. The summed E-state index contributed by atoms with van der Waals surface area (Å²) in [7, 11) is 0. The molecule has 0 bridgehead atoms. The van der Waals surface area contributed by atoms with Crippen LogP contribution < -0.4 is 0 Å². The molecule has 0 nitrogen and oxygen atoms in total. The van der Waals surface area contributed by atoms with E-state index in [1.807, 2.05) is 0 Å². The zero-order valence-electron chi connectivity index (χ0n) is 7.58. The van der Waals surface area contributed by atoms with Gasteiger partial charge in [-0.05, 0) is 38.5 Å². The van der Waals surface area contributed by atoms with Crippen molar-refractivity contribution in [2.75, 3.05) is 0 Å². The Bertz CT molecular complexity index is 172. The van der Waals surface area contributed by atoms with Gasteiger partial charge in [0.15, 0.2) is 0 Å². The Labute approximate surface area is 75.7 Å². The molecule has 1 aliphatic carbocycles. The van der Waals surface area contributed by atoms with Gasteiger partial charge in [0, 0.05) is 0 Å². The highest BCUT2D eigenvalue weighted by Gasteiger charge is 1.84. The molecule has 0 saturated carbocycles. The van der Waals surface area contributed by atoms with Crippen LogP contribution in [-0.4, -0.2) is 0 Å². The summed E-state index contributed by atoms with van der Waals surface area (Å²) in [5.41, 5.74) is 0. The van der Waals surface area contributed by atoms with Gasteiger partial charge in [-0.25, -0.2) is 0 Å². The highest BCUT2D eigenvalue weighted by Crippen LogP contribution is 2.03. The van der Waals surface area contributed by atoms with E-state index in [-0.39, 0.29) is 0 Å². The maximum absolute atomic E-state index is 2.33. The summed E-state index contributed by atoms with van der Waals surface area (Å²) < 4.78 is 0. The van der Waals surface area contributed by atoms with Crippen molar-refractivity contribution < 1.29 is 0 Å². The van der Waals surface area contributed by atoms with Crippen molar-refractivity contribution in [2.45, 2.75) is 32.1 Å². The van der Waals surface area contributed by atoms with Gasteiger partial charge >= 0.3 is 0 Å². The van der Waals surface area contributed by atoms with Crippen molar-refractivity contribution in [3.63, 3.8) is 0 Å². The third kappa shape index (κ3) is 4.95. The van der Waals surface area contributed by atoms with Crippen LogP contribution in [0.4, 0.5) is 0 Å². The molecule has 1 radical (unpaired) electrons. The second kappa shape index (κ2) is 6.90. The van der Waals surface area contributed by atoms with E-state index >= 15 is 0 Å². The Morgan fingerprint density at radius 2 is 1.25 bits per heavy atom. The molecule has 0 amide bonds. The van der Waals surface area contributed by atoms with Crippen LogP contribution in [0.3, 0.4) is 0 Å². The number of rotatable bonds is 0. The van der Waals surface area contributed by atoms with Crippen molar-refractivity contribution in [1.29, 1.82) is 0 Å². The molecule has 65 valence electrons. The number of hydrogen-bond donors (Lipinski definition) is 0. The van der Waals surface area contributed by atoms with Gasteiger partial charge in [0.2, 0.25) is 0 Å². The first-order valence-corrected chi connectivity index (χ1v) is 4.78. The normalized spacial score (nSPS) is 20.0. The lowest BCUT2D eigenvalue weighted by atomic mass is 10.1. The Morgan fingerprint density at radius 3 is 2.17 bits per heavy atom. The lowest BCUT2D eigenvalue weighted by Gasteiger charge is -1.93. The number of allylic oxidation sites excluding steroid dienone is 6. The molecule has 0 atom stereocenters. The van der Waals surface area contributed by atoms with Gasteiger partial charge in [-0.3, -0.25) is 0 Å². The molecule has 0 spiro atoms. The molecular formula is C12H17. The van der Waals surface area contributed by atoms with Gasteiger partial charge in [-0.1, -0.05) is 36.5 Å². The molecule has 0 aliphatic heterocycles. The Hall–Kier alpha value is -0.780. The van der Waals surface area contributed by atoms with E-state index in [1.54, 1.807) is 0 Å². The van der Waals surface area contributed by atoms with Gasteiger partial charge < -0.3 is 0 Å². The van der Waals surface area contributed by atoms with E-state index in [4.69, 9.17) is 0 Å². The first-order valence-electron chi connectivity index (χ1n) is 4.78. The van der Waals surface area contributed by atoms with Crippen LogP contribution in [0.2, 0.25) is 0 Å². The van der Waals surface area contributed by atoms with Gasteiger partial charge in [-0.2, -0.15) is 0 Å². The molecule has 1 rings (SSSR count). The summed E-state index contributed by atoms with van der Waals surface area (Å²) in [6.45, 7) is 0. The molecular weight excluding hydrogens is 144 g/mol. The molecule has 0 heteroatoms. The summed E-state index contributed by atoms with van der Waals surface area (Å²) >= 11 is 0. The van der Waals surface area contributed by atoms with E-state index < -0.39 is 0 Å². The zero-order chi connectivity index (χ0) is 8.49. The van der Waals surface area contributed by atoms with Crippen LogP contribution in [-0.2, 0) is 0 Å².